The molecule has 1 unspecified atom stereocenters. The highest BCUT2D eigenvalue weighted by Gasteiger charge is 2.20. The second-order valence-electron chi connectivity index (χ2n) is 7.57. The lowest BCUT2D eigenvalue weighted by atomic mass is 9.87. The molecule has 0 aliphatic rings. The Kier molecular flexibility index (Phi) is 4.54. The molecule has 4 heteroatoms. The summed E-state index contributed by atoms with van der Waals surface area (Å²) in [6.45, 7) is 13.0. The molecule has 0 saturated carbocycles. The van der Waals surface area contributed by atoms with Crippen molar-refractivity contribution in [3.05, 3.63) is 11.7 Å². The van der Waals surface area contributed by atoms with Crippen LogP contribution in [-0.4, -0.2) is 16.2 Å². The van der Waals surface area contributed by atoms with Crippen LogP contribution < -0.4 is 5.73 Å². The maximum Gasteiger partial charge on any atom is 0.228 e. The molecule has 4 nitrogen and oxygen atoms in total. The van der Waals surface area contributed by atoms with Crippen molar-refractivity contribution in [2.24, 2.45) is 16.6 Å². The smallest absolute Gasteiger partial charge is 0.228 e. The van der Waals surface area contributed by atoms with Gasteiger partial charge in [-0.15, -0.1) is 0 Å². The van der Waals surface area contributed by atoms with Crippen molar-refractivity contribution in [3.8, 4) is 0 Å². The maximum atomic E-state index is 6.10. The minimum atomic E-state index is 0.0768. The van der Waals surface area contributed by atoms with Crippen LogP contribution in [0.15, 0.2) is 4.52 Å². The predicted molar refractivity (Wildman–Crippen MR) is 73.2 cm³/mol. The number of nitrogens with zero attached hydrogens (tertiary/aromatic N) is 2. The van der Waals surface area contributed by atoms with Gasteiger partial charge in [-0.05, 0) is 17.3 Å². The van der Waals surface area contributed by atoms with Crippen LogP contribution in [0, 0.1) is 10.8 Å². The van der Waals surface area contributed by atoms with Crippen LogP contribution in [0.1, 0.15) is 59.7 Å². The van der Waals surface area contributed by atoms with E-state index < -0.39 is 0 Å². The van der Waals surface area contributed by atoms with Crippen molar-refractivity contribution in [3.63, 3.8) is 0 Å². The first-order valence-electron chi connectivity index (χ1n) is 6.62. The molecule has 1 aromatic heterocycles. The Balaban J connectivity index is 2.54. The van der Waals surface area contributed by atoms with Gasteiger partial charge in [0.2, 0.25) is 5.89 Å². The minimum Gasteiger partial charge on any atom is -0.339 e. The summed E-state index contributed by atoms with van der Waals surface area (Å²) < 4.78 is 5.25. The van der Waals surface area contributed by atoms with Gasteiger partial charge in [-0.25, -0.2) is 0 Å². The largest absolute Gasteiger partial charge is 0.339 e. The lowest BCUT2D eigenvalue weighted by Gasteiger charge is -2.21. The molecular weight excluding hydrogens is 226 g/mol. The lowest BCUT2D eigenvalue weighted by molar-refractivity contribution is 0.310. The van der Waals surface area contributed by atoms with Crippen LogP contribution in [0.2, 0.25) is 0 Å². The molecule has 0 amide bonds. The van der Waals surface area contributed by atoms with Gasteiger partial charge in [0, 0.05) is 18.9 Å². The Morgan fingerprint density at radius 2 is 1.72 bits per heavy atom. The van der Waals surface area contributed by atoms with Gasteiger partial charge < -0.3 is 10.3 Å². The van der Waals surface area contributed by atoms with E-state index >= 15 is 0 Å². The van der Waals surface area contributed by atoms with Gasteiger partial charge in [0.15, 0.2) is 5.82 Å². The first kappa shape index (κ1) is 15.2. The van der Waals surface area contributed by atoms with E-state index in [2.05, 4.69) is 51.7 Å². The van der Waals surface area contributed by atoms with Gasteiger partial charge in [0.05, 0.1) is 0 Å². The average Bonchev–Trinajstić information content (AvgIpc) is 2.44. The van der Waals surface area contributed by atoms with E-state index in [1.165, 1.54) is 0 Å². The third kappa shape index (κ3) is 6.15. The van der Waals surface area contributed by atoms with Crippen molar-refractivity contribution in [1.82, 2.24) is 10.1 Å². The molecule has 1 atom stereocenters. The first-order valence-corrected chi connectivity index (χ1v) is 6.62. The molecule has 0 spiro atoms. The average molecular weight is 253 g/mol. The van der Waals surface area contributed by atoms with Crippen LogP contribution in [0.4, 0.5) is 0 Å². The summed E-state index contributed by atoms with van der Waals surface area (Å²) in [7, 11) is 0. The molecule has 0 aliphatic heterocycles. The Hall–Kier alpha value is -0.900. The minimum absolute atomic E-state index is 0.0768. The molecule has 0 saturated heterocycles. The first-order chi connectivity index (χ1) is 8.05. The molecule has 18 heavy (non-hydrogen) atoms. The molecule has 0 aliphatic carbocycles. The molecule has 1 heterocycles. The zero-order chi connectivity index (χ0) is 14.0. The summed E-state index contributed by atoms with van der Waals surface area (Å²) >= 11 is 0. The summed E-state index contributed by atoms with van der Waals surface area (Å²) in [5.41, 5.74) is 6.51. The summed E-state index contributed by atoms with van der Waals surface area (Å²) in [5.74, 6) is 1.44. The van der Waals surface area contributed by atoms with Gasteiger partial charge in [-0.1, -0.05) is 46.7 Å². The Bertz CT molecular complexity index is 371. The van der Waals surface area contributed by atoms with E-state index in [1.54, 1.807) is 0 Å². The van der Waals surface area contributed by atoms with Crippen LogP contribution >= 0.6 is 0 Å². The van der Waals surface area contributed by atoms with Gasteiger partial charge in [0.1, 0.15) is 0 Å². The van der Waals surface area contributed by atoms with Crippen molar-refractivity contribution in [1.29, 1.82) is 0 Å². The number of hydrogen-bond donors (Lipinski definition) is 1. The number of nitrogens with two attached hydrogens (primary N) is 1. The number of aromatic nitrogens is 2. The van der Waals surface area contributed by atoms with Crippen molar-refractivity contribution < 1.29 is 4.52 Å². The Labute approximate surface area is 110 Å². The van der Waals surface area contributed by atoms with Gasteiger partial charge in [-0.3, -0.25) is 0 Å². The fraction of sp³-hybridized carbons (Fsp3) is 0.857. The lowest BCUT2D eigenvalue weighted by Crippen LogP contribution is -2.28. The highest BCUT2D eigenvalue weighted by atomic mass is 16.5. The zero-order valence-corrected chi connectivity index (χ0v) is 12.6. The number of hydrogen-bond acceptors (Lipinski definition) is 4. The summed E-state index contributed by atoms with van der Waals surface area (Å²) in [4.78, 5) is 4.41. The quantitative estimate of drug-likeness (QED) is 0.896. The molecular formula is C14H27N3O. The van der Waals surface area contributed by atoms with Crippen LogP contribution in [0.25, 0.3) is 0 Å². The molecule has 1 rings (SSSR count). The van der Waals surface area contributed by atoms with Crippen LogP contribution in [-0.2, 0) is 12.8 Å². The predicted octanol–water partition coefficient (Wildman–Crippen LogP) is 2.96. The SMILES string of the molecule is CC(C)(C)Cc1noc(CC(N)CC(C)(C)C)n1. The van der Waals surface area contributed by atoms with E-state index in [9.17, 15) is 0 Å². The molecule has 104 valence electrons. The van der Waals surface area contributed by atoms with Gasteiger partial charge >= 0.3 is 0 Å². The summed E-state index contributed by atoms with van der Waals surface area (Å²) in [5, 5.41) is 4.01. The Morgan fingerprint density at radius 1 is 1.11 bits per heavy atom. The van der Waals surface area contributed by atoms with Crippen LogP contribution in [0.5, 0.6) is 0 Å². The summed E-state index contributed by atoms with van der Waals surface area (Å²) in [6.07, 6.45) is 2.43. The highest BCUT2D eigenvalue weighted by molar-refractivity contribution is 4.92. The monoisotopic (exact) mass is 253 g/mol. The molecule has 2 N–H and O–H groups in total. The zero-order valence-electron chi connectivity index (χ0n) is 12.6. The highest BCUT2D eigenvalue weighted by Crippen LogP contribution is 2.22. The molecule has 0 radical (unpaired) electrons. The third-order valence-electron chi connectivity index (χ3n) is 2.51. The molecule has 1 aromatic rings. The second kappa shape index (κ2) is 5.39. The number of rotatable bonds is 4. The fourth-order valence-corrected chi connectivity index (χ4v) is 2.00. The molecule has 0 aromatic carbocycles. The fourth-order valence-electron chi connectivity index (χ4n) is 2.00. The van der Waals surface area contributed by atoms with E-state index in [4.69, 9.17) is 10.3 Å². The standard InChI is InChI=1S/C14H27N3O/c1-13(2,3)8-10(15)7-12-16-11(17-18-12)9-14(4,5)6/h10H,7-9,15H2,1-6H3. The maximum absolute atomic E-state index is 6.10. The van der Waals surface area contributed by atoms with Gasteiger partial charge in [0.25, 0.3) is 0 Å². The van der Waals surface area contributed by atoms with E-state index in [0.29, 0.717) is 12.3 Å². The van der Waals surface area contributed by atoms with Crippen molar-refractivity contribution in [2.45, 2.75) is 66.8 Å². The normalized spacial score (nSPS) is 14.8. The van der Waals surface area contributed by atoms with Crippen LogP contribution in [0.3, 0.4) is 0 Å². The molecule has 0 bridgehead atoms. The van der Waals surface area contributed by atoms with Crippen molar-refractivity contribution >= 4 is 0 Å². The van der Waals surface area contributed by atoms with E-state index in [-0.39, 0.29) is 16.9 Å². The topological polar surface area (TPSA) is 64.9 Å². The van der Waals surface area contributed by atoms with E-state index in [1.807, 2.05) is 0 Å². The Morgan fingerprint density at radius 3 is 2.22 bits per heavy atom. The molecule has 0 fully saturated rings. The van der Waals surface area contributed by atoms with E-state index in [0.717, 1.165) is 18.7 Å². The second-order valence-corrected chi connectivity index (χ2v) is 7.57. The van der Waals surface area contributed by atoms with Crippen molar-refractivity contribution in [2.75, 3.05) is 0 Å². The third-order valence-corrected chi connectivity index (χ3v) is 2.51. The summed E-state index contributed by atoms with van der Waals surface area (Å²) in [6, 6.07) is 0.0768. The van der Waals surface area contributed by atoms with Gasteiger partial charge in [-0.2, -0.15) is 4.98 Å².